The Balaban J connectivity index is 1.43. The zero-order chi connectivity index (χ0) is 23.0. The summed E-state index contributed by atoms with van der Waals surface area (Å²) in [6, 6.07) is 15.7. The van der Waals surface area contributed by atoms with Crippen LogP contribution in [-0.4, -0.2) is 20.7 Å². The number of fused-ring (bicyclic) bond motifs is 1. The number of halogens is 1. The van der Waals surface area contributed by atoms with Gasteiger partial charge in [0.1, 0.15) is 12.0 Å². The second-order valence-corrected chi connectivity index (χ2v) is 7.56. The van der Waals surface area contributed by atoms with E-state index in [2.05, 4.69) is 44.0 Å². The van der Waals surface area contributed by atoms with Gasteiger partial charge in [-0.05, 0) is 48.1 Å². The van der Waals surface area contributed by atoms with E-state index in [4.69, 9.17) is 0 Å². The Bertz CT molecular complexity index is 1330. The van der Waals surface area contributed by atoms with E-state index >= 15 is 4.39 Å². The molecule has 0 aliphatic carbocycles. The van der Waals surface area contributed by atoms with Crippen molar-refractivity contribution in [3.8, 4) is 11.3 Å². The van der Waals surface area contributed by atoms with Crippen LogP contribution in [0.2, 0.25) is 0 Å². The average molecular weight is 438 g/mol. The van der Waals surface area contributed by atoms with Gasteiger partial charge in [-0.3, -0.25) is 9.98 Å². The number of aromatic nitrogens is 3. The smallest absolute Gasteiger partial charge is 0.191 e. The molecule has 0 fully saturated rings. The second kappa shape index (κ2) is 10.4. The molecule has 0 spiro atoms. The first kappa shape index (κ1) is 22.0. The first-order valence-electron chi connectivity index (χ1n) is 10.6. The lowest BCUT2D eigenvalue weighted by atomic mass is 10.1. The van der Waals surface area contributed by atoms with Crippen LogP contribution in [0.5, 0.6) is 0 Å². The van der Waals surface area contributed by atoms with Gasteiger partial charge < -0.3 is 5.32 Å². The molecule has 1 N–H and O–H groups in total. The lowest BCUT2D eigenvalue weighted by Crippen LogP contribution is -2.05. The van der Waals surface area contributed by atoms with E-state index in [1.165, 1.54) is 11.9 Å². The number of anilines is 1. The van der Waals surface area contributed by atoms with Crippen LogP contribution in [0.4, 0.5) is 10.2 Å². The number of allylic oxidation sites excluding steroid dienone is 2. The molecule has 0 saturated heterocycles. The summed E-state index contributed by atoms with van der Waals surface area (Å²) in [5.74, 6) is -0.299. The van der Waals surface area contributed by atoms with Crippen molar-refractivity contribution < 1.29 is 4.39 Å². The number of pyridine rings is 1. The normalized spacial score (nSPS) is 11.8. The van der Waals surface area contributed by atoms with E-state index < -0.39 is 5.82 Å². The molecule has 0 atom stereocenters. The molecule has 0 amide bonds. The number of nitrogens with one attached hydrogen (secondary N) is 1. The van der Waals surface area contributed by atoms with E-state index in [1.54, 1.807) is 24.7 Å². The van der Waals surface area contributed by atoms with E-state index in [0.29, 0.717) is 12.1 Å². The molecule has 4 rings (SSSR count). The summed E-state index contributed by atoms with van der Waals surface area (Å²) >= 11 is 0. The van der Waals surface area contributed by atoms with Gasteiger partial charge in [0.25, 0.3) is 0 Å². The minimum atomic E-state index is -0.474. The molecule has 33 heavy (non-hydrogen) atoms. The predicted octanol–water partition coefficient (Wildman–Crippen LogP) is 6.15. The molecular formula is C27H24FN5. The molecule has 6 heteroatoms. The third-order valence-corrected chi connectivity index (χ3v) is 5.22. The van der Waals surface area contributed by atoms with Gasteiger partial charge in [-0.15, -0.1) is 0 Å². The fourth-order valence-electron chi connectivity index (χ4n) is 3.32. The standard InChI is InChI=1S/C27H24FN5/c1-3-19(2)30-13-4-5-20-6-8-21(9-7-20)16-31-27-25(28)26(32-18-33-27)23-11-10-22-12-14-29-17-24(22)15-23/h3-4,6-15,17-18H,1,5,16H2,2H3,(H,31,32,33)/b13-4-,30-19?. The van der Waals surface area contributed by atoms with Crippen LogP contribution in [0.3, 0.4) is 0 Å². The molecule has 2 aromatic carbocycles. The highest BCUT2D eigenvalue weighted by Gasteiger charge is 2.13. The molecule has 2 heterocycles. The summed E-state index contributed by atoms with van der Waals surface area (Å²) in [6.45, 7) is 6.04. The Kier molecular flexibility index (Phi) is 6.95. The number of benzene rings is 2. The Morgan fingerprint density at radius 3 is 2.70 bits per heavy atom. The largest absolute Gasteiger partial charge is 0.363 e. The van der Waals surface area contributed by atoms with Crippen molar-refractivity contribution in [1.82, 2.24) is 15.0 Å². The topological polar surface area (TPSA) is 63.1 Å². The summed E-state index contributed by atoms with van der Waals surface area (Å²) in [5, 5.41) is 5.06. The Hall–Kier alpha value is -4.19. The molecule has 0 unspecified atom stereocenters. The van der Waals surface area contributed by atoms with Gasteiger partial charge in [-0.2, -0.15) is 0 Å². The highest BCUT2D eigenvalue weighted by molar-refractivity contribution is 5.92. The van der Waals surface area contributed by atoms with E-state index in [0.717, 1.165) is 28.5 Å². The average Bonchev–Trinajstić information content (AvgIpc) is 2.86. The minimum absolute atomic E-state index is 0.175. The van der Waals surface area contributed by atoms with Crippen LogP contribution in [0.25, 0.3) is 22.0 Å². The molecule has 2 aromatic heterocycles. The van der Waals surface area contributed by atoms with E-state index in [-0.39, 0.29) is 11.5 Å². The quantitative estimate of drug-likeness (QED) is 0.336. The molecule has 0 aliphatic rings. The van der Waals surface area contributed by atoms with Crippen LogP contribution in [0.1, 0.15) is 18.1 Å². The summed E-state index contributed by atoms with van der Waals surface area (Å²) in [6.07, 6.45) is 11.2. The van der Waals surface area contributed by atoms with Crippen molar-refractivity contribution in [2.45, 2.75) is 19.9 Å². The van der Waals surface area contributed by atoms with Gasteiger partial charge in [0.05, 0.1) is 0 Å². The monoisotopic (exact) mass is 437 g/mol. The fraction of sp³-hybridized carbons (Fsp3) is 0.111. The van der Waals surface area contributed by atoms with Crippen molar-refractivity contribution in [2.24, 2.45) is 4.99 Å². The van der Waals surface area contributed by atoms with Gasteiger partial charge in [0.2, 0.25) is 0 Å². The Morgan fingerprint density at radius 1 is 1.06 bits per heavy atom. The first-order valence-corrected chi connectivity index (χ1v) is 10.6. The van der Waals surface area contributed by atoms with Gasteiger partial charge in [0, 0.05) is 41.8 Å². The third kappa shape index (κ3) is 5.54. The molecule has 0 radical (unpaired) electrons. The first-order chi connectivity index (χ1) is 16.1. The van der Waals surface area contributed by atoms with E-state index in [9.17, 15) is 0 Å². The zero-order valence-corrected chi connectivity index (χ0v) is 18.4. The maximum Gasteiger partial charge on any atom is 0.191 e. The van der Waals surface area contributed by atoms with Crippen molar-refractivity contribution in [3.63, 3.8) is 0 Å². The van der Waals surface area contributed by atoms with Crippen LogP contribution in [-0.2, 0) is 13.0 Å². The molecule has 0 aliphatic heterocycles. The molecule has 5 nitrogen and oxygen atoms in total. The summed E-state index contributed by atoms with van der Waals surface area (Å²) in [4.78, 5) is 16.6. The maximum absolute atomic E-state index is 15.2. The predicted molar refractivity (Wildman–Crippen MR) is 133 cm³/mol. The molecule has 0 saturated carbocycles. The highest BCUT2D eigenvalue weighted by Crippen LogP contribution is 2.27. The van der Waals surface area contributed by atoms with Crippen LogP contribution in [0, 0.1) is 5.82 Å². The fourth-order valence-corrected chi connectivity index (χ4v) is 3.32. The van der Waals surface area contributed by atoms with Gasteiger partial charge in [-0.1, -0.05) is 49.1 Å². The minimum Gasteiger partial charge on any atom is -0.363 e. The lowest BCUT2D eigenvalue weighted by molar-refractivity contribution is 0.621. The number of hydrogen-bond donors (Lipinski definition) is 1. The third-order valence-electron chi connectivity index (χ3n) is 5.22. The zero-order valence-electron chi connectivity index (χ0n) is 18.4. The summed E-state index contributed by atoms with van der Waals surface area (Å²) < 4.78 is 15.2. The highest BCUT2D eigenvalue weighted by atomic mass is 19.1. The Labute approximate surface area is 192 Å². The summed E-state index contributed by atoms with van der Waals surface area (Å²) in [5.41, 5.74) is 4.02. The van der Waals surface area contributed by atoms with Crippen LogP contribution >= 0.6 is 0 Å². The molecular weight excluding hydrogens is 413 g/mol. The molecule has 0 bridgehead atoms. The number of aliphatic imine (C=N–C) groups is 1. The van der Waals surface area contributed by atoms with Gasteiger partial charge in [0.15, 0.2) is 11.6 Å². The Morgan fingerprint density at radius 2 is 1.88 bits per heavy atom. The second-order valence-electron chi connectivity index (χ2n) is 7.56. The number of rotatable bonds is 8. The maximum atomic E-state index is 15.2. The molecule has 4 aromatic rings. The van der Waals surface area contributed by atoms with Gasteiger partial charge >= 0.3 is 0 Å². The number of hydrogen-bond acceptors (Lipinski definition) is 5. The van der Waals surface area contributed by atoms with Crippen LogP contribution < -0.4 is 5.32 Å². The SMILES string of the molecule is C=CC(C)=N/C=C\Cc1ccc(CNc2ncnc(-c3ccc4ccncc4c3)c2F)cc1. The van der Waals surface area contributed by atoms with Crippen molar-refractivity contribution >= 4 is 22.3 Å². The van der Waals surface area contributed by atoms with Gasteiger partial charge in [-0.25, -0.2) is 14.4 Å². The van der Waals surface area contributed by atoms with Crippen molar-refractivity contribution in [2.75, 3.05) is 5.32 Å². The van der Waals surface area contributed by atoms with Crippen molar-refractivity contribution in [1.29, 1.82) is 0 Å². The molecule has 164 valence electrons. The summed E-state index contributed by atoms with van der Waals surface area (Å²) in [7, 11) is 0. The van der Waals surface area contributed by atoms with E-state index in [1.807, 2.05) is 49.4 Å². The number of nitrogens with zero attached hydrogens (tertiary/aromatic N) is 4. The lowest BCUT2D eigenvalue weighted by Gasteiger charge is -2.10. The van der Waals surface area contributed by atoms with Crippen LogP contribution in [0.15, 0.2) is 97.2 Å². The van der Waals surface area contributed by atoms with Crippen molar-refractivity contribution in [3.05, 3.63) is 109 Å².